The number of esters is 2. The van der Waals surface area contributed by atoms with Crippen LogP contribution in [0.5, 0.6) is 0 Å². The van der Waals surface area contributed by atoms with Crippen LogP contribution in [0.4, 0.5) is 0 Å². The zero-order valence-electron chi connectivity index (χ0n) is 30.8. The first-order valence-corrected chi connectivity index (χ1v) is 20.1. The molecule has 11 heteroatoms. The molecule has 0 unspecified atom stereocenters. The number of aliphatic hydroxyl groups is 1. The van der Waals surface area contributed by atoms with Crippen LogP contribution in [-0.2, 0) is 49.0 Å². The molecule has 3 rings (SSSR count). The van der Waals surface area contributed by atoms with Gasteiger partial charge in [0.25, 0.3) is 0 Å². The molecule has 2 aliphatic rings. The van der Waals surface area contributed by atoms with Gasteiger partial charge in [0.1, 0.15) is 0 Å². The van der Waals surface area contributed by atoms with Crippen LogP contribution in [0, 0.1) is 5.41 Å². The van der Waals surface area contributed by atoms with Crippen molar-refractivity contribution >= 4 is 20.3 Å². The molecule has 0 saturated carbocycles. The lowest BCUT2D eigenvalue weighted by Crippen LogP contribution is -2.65. The van der Waals surface area contributed by atoms with Crippen LogP contribution in [0.25, 0.3) is 0 Å². The second-order valence-corrected chi connectivity index (χ2v) is 20.0. The summed E-state index contributed by atoms with van der Waals surface area (Å²) in [5.41, 5.74) is 1.32. The van der Waals surface area contributed by atoms with E-state index in [2.05, 4.69) is 47.7 Å². The van der Waals surface area contributed by atoms with Gasteiger partial charge >= 0.3 is 11.9 Å². The van der Waals surface area contributed by atoms with Gasteiger partial charge in [-0.3, -0.25) is 4.79 Å². The maximum Gasteiger partial charge on any atom is 0.330 e. The van der Waals surface area contributed by atoms with Crippen LogP contribution in [0.3, 0.4) is 0 Å². The van der Waals surface area contributed by atoms with E-state index in [0.717, 1.165) is 11.1 Å². The van der Waals surface area contributed by atoms with Crippen LogP contribution in [0.1, 0.15) is 85.6 Å². The molecule has 48 heavy (non-hydrogen) atoms. The van der Waals surface area contributed by atoms with E-state index in [1.54, 1.807) is 20.1 Å². The monoisotopic (exact) mass is 692 g/mol. The Hall–Kier alpha value is -2.12. The molecule has 2 aliphatic heterocycles. The predicted octanol–water partition coefficient (Wildman–Crippen LogP) is 6.49. The highest BCUT2D eigenvalue weighted by molar-refractivity contribution is 6.74. The van der Waals surface area contributed by atoms with Crippen LogP contribution >= 0.6 is 0 Å². The lowest BCUT2D eigenvalue weighted by molar-refractivity contribution is -0.356. The standard InChI is InChI=1S/C37H60O10Si/c1-11-44-34(40)21-28(38)20-29-22-32(47-48(9,10)35(2,3)4)36(5,6)37(42-8,46-29)23-30-17-27(19-33(39)41-7)18-31(45-30)25-43-24-26-15-13-12-14-16-26/h12-16,19,28-32,38H,11,17-18,20-25H2,1-10H3/b27-19-/t28-,29-,30+,31-,32+,37+/m1/s1. The molecule has 10 nitrogen and oxygen atoms in total. The van der Waals surface area contributed by atoms with Gasteiger partial charge < -0.3 is 38.0 Å². The molecule has 2 saturated heterocycles. The molecule has 0 radical (unpaired) electrons. The molecule has 6 atom stereocenters. The third-order valence-corrected chi connectivity index (χ3v) is 14.7. The molecule has 2 heterocycles. The zero-order chi connectivity index (χ0) is 35.8. The summed E-state index contributed by atoms with van der Waals surface area (Å²) in [4.78, 5) is 24.5. The van der Waals surface area contributed by atoms with E-state index < -0.39 is 43.7 Å². The summed E-state index contributed by atoms with van der Waals surface area (Å²) in [6.07, 6.45) is 1.15. The van der Waals surface area contributed by atoms with Gasteiger partial charge in [-0.1, -0.05) is 70.5 Å². The quantitative estimate of drug-likeness (QED) is 0.124. The van der Waals surface area contributed by atoms with Crippen molar-refractivity contribution in [2.75, 3.05) is 27.4 Å². The Balaban J connectivity index is 1.91. The summed E-state index contributed by atoms with van der Waals surface area (Å²) >= 11 is 0. The van der Waals surface area contributed by atoms with Gasteiger partial charge in [-0.25, -0.2) is 4.79 Å². The maximum absolute atomic E-state index is 12.3. The number of hydrogen-bond acceptors (Lipinski definition) is 10. The summed E-state index contributed by atoms with van der Waals surface area (Å²) in [5, 5.41) is 10.9. The Bertz CT molecular complexity index is 1210. The highest BCUT2D eigenvalue weighted by Gasteiger charge is 2.59. The lowest BCUT2D eigenvalue weighted by Gasteiger charge is -2.58. The van der Waals surface area contributed by atoms with Crippen LogP contribution in [0.15, 0.2) is 42.0 Å². The van der Waals surface area contributed by atoms with Gasteiger partial charge in [0, 0.05) is 31.4 Å². The van der Waals surface area contributed by atoms with Gasteiger partial charge in [0.15, 0.2) is 14.1 Å². The fourth-order valence-corrected chi connectivity index (χ4v) is 7.86. The Morgan fingerprint density at radius 2 is 1.75 bits per heavy atom. The van der Waals surface area contributed by atoms with Crippen molar-refractivity contribution in [3.8, 4) is 0 Å². The van der Waals surface area contributed by atoms with Crippen molar-refractivity contribution in [1.82, 2.24) is 0 Å². The van der Waals surface area contributed by atoms with Crippen molar-refractivity contribution < 1.29 is 47.5 Å². The predicted molar refractivity (Wildman–Crippen MR) is 186 cm³/mol. The first kappa shape index (κ1) is 40.3. The number of ether oxygens (including phenoxy) is 6. The first-order chi connectivity index (χ1) is 22.4. The minimum Gasteiger partial charge on any atom is -0.466 e. The highest BCUT2D eigenvalue weighted by Crippen LogP contribution is 2.52. The fourth-order valence-electron chi connectivity index (χ4n) is 6.41. The summed E-state index contributed by atoms with van der Waals surface area (Å²) in [6, 6.07) is 9.95. The number of benzene rings is 1. The SMILES string of the molecule is CCOC(=O)C[C@H](O)C[C@@H]1C[C@H](O[Si](C)(C)C(C)(C)C)C(C)(C)[C@@](C[C@@H]2C/C(=C/C(=O)OC)C[C@H](COCc3ccccc3)O2)(OC)O1. The van der Waals surface area contributed by atoms with Crippen molar-refractivity contribution in [1.29, 1.82) is 0 Å². The van der Waals surface area contributed by atoms with Crippen LogP contribution in [0.2, 0.25) is 18.1 Å². The third kappa shape index (κ3) is 10.7. The normalized spacial score (nSPS) is 27.8. The number of carbonyl (C=O) groups excluding carboxylic acids is 2. The van der Waals surface area contributed by atoms with Crippen molar-refractivity contribution in [2.45, 2.75) is 141 Å². The molecule has 0 aliphatic carbocycles. The summed E-state index contributed by atoms with van der Waals surface area (Å²) in [6.45, 7) is 18.1. The van der Waals surface area contributed by atoms with E-state index >= 15 is 0 Å². The van der Waals surface area contributed by atoms with E-state index in [4.69, 9.17) is 32.8 Å². The van der Waals surface area contributed by atoms with Gasteiger partial charge in [0.05, 0.1) is 63.9 Å². The number of aliphatic hydroxyl groups excluding tert-OH is 1. The average molecular weight is 693 g/mol. The molecule has 0 bridgehead atoms. The van der Waals surface area contributed by atoms with Crippen molar-refractivity contribution in [3.05, 3.63) is 47.5 Å². The summed E-state index contributed by atoms with van der Waals surface area (Å²) in [7, 11) is 0.746. The fraction of sp³-hybridized carbons (Fsp3) is 0.730. The van der Waals surface area contributed by atoms with E-state index in [0.29, 0.717) is 38.9 Å². The number of carbonyl (C=O) groups is 2. The third-order valence-electron chi connectivity index (χ3n) is 10.2. The van der Waals surface area contributed by atoms with Crippen LogP contribution in [-0.4, -0.2) is 89.1 Å². The second-order valence-electron chi connectivity index (χ2n) is 15.2. The van der Waals surface area contributed by atoms with E-state index in [1.807, 2.05) is 30.3 Å². The molecule has 0 amide bonds. The Kier molecular flexibility index (Phi) is 14.4. The molecule has 272 valence electrons. The summed E-state index contributed by atoms with van der Waals surface area (Å²) in [5.74, 6) is -2.04. The van der Waals surface area contributed by atoms with E-state index in [1.165, 1.54) is 7.11 Å². The molecular weight excluding hydrogens is 632 g/mol. The molecular formula is C37H60O10Si. The van der Waals surface area contributed by atoms with Crippen molar-refractivity contribution in [2.24, 2.45) is 5.41 Å². The van der Waals surface area contributed by atoms with Gasteiger partial charge in [0.2, 0.25) is 0 Å². The first-order valence-electron chi connectivity index (χ1n) is 17.2. The second kappa shape index (κ2) is 17.2. The largest absolute Gasteiger partial charge is 0.466 e. The molecule has 0 aromatic heterocycles. The Morgan fingerprint density at radius 3 is 2.35 bits per heavy atom. The molecule has 0 spiro atoms. The van der Waals surface area contributed by atoms with Gasteiger partial charge in [-0.15, -0.1) is 0 Å². The number of methoxy groups -OCH3 is 2. The molecule has 2 fully saturated rings. The maximum atomic E-state index is 12.3. The van der Waals surface area contributed by atoms with Crippen molar-refractivity contribution in [3.63, 3.8) is 0 Å². The van der Waals surface area contributed by atoms with Gasteiger partial charge in [-0.05, 0) is 49.9 Å². The van der Waals surface area contributed by atoms with E-state index in [-0.39, 0.29) is 42.8 Å². The smallest absolute Gasteiger partial charge is 0.330 e. The highest BCUT2D eigenvalue weighted by atomic mass is 28.4. The molecule has 1 N–H and O–H groups in total. The minimum absolute atomic E-state index is 0.0386. The average Bonchev–Trinajstić information content (AvgIpc) is 2.99. The summed E-state index contributed by atoms with van der Waals surface area (Å²) < 4.78 is 43.1. The lowest BCUT2D eigenvalue weighted by atomic mass is 9.70. The Morgan fingerprint density at radius 1 is 1.08 bits per heavy atom. The van der Waals surface area contributed by atoms with E-state index in [9.17, 15) is 14.7 Å². The topological polar surface area (TPSA) is 119 Å². The zero-order valence-corrected chi connectivity index (χ0v) is 31.8. The number of hydrogen-bond donors (Lipinski definition) is 1. The minimum atomic E-state index is -2.26. The molecule has 1 aromatic rings. The number of rotatable bonds is 15. The van der Waals surface area contributed by atoms with Crippen LogP contribution < -0.4 is 0 Å². The molecule has 1 aromatic carbocycles. The Labute approximate surface area is 288 Å². The van der Waals surface area contributed by atoms with Gasteiger partial charge in [-0.2, -0.15) is 0 Å².